The summed E-state index contributed by atoms with van der Waals surface area (Å²) in [5.74, 6) is -1.36. The van der Waals surface area contributed by atoms with Crippen molar-refractivity contribution in [3.63, 3.8) is 0 Å². The zero-order valence-corrected chi connectivity index (χ0v) is 18.8. The number of aryl methyl sites for hydroxylation is 1. The number of anilines is 1. The van der Waals surface area contributed by atoms with E-state index < -0.39 is 11.8 Å². The van der Waals surface area contributed by atoms with Crippen LogP contribution in [0.4, 0.5) is 5.69 Å². The summed E-state index contributed by atoms with van der Waals surface area (Å²) in [4.78, 5) is 29.6. The lowest BCUT2D eigenvalue weighted by molar-refractivity contribution is -0.136. The number of hydrogen-bond acceptors (Lipinski definition) is 4. The summed E-state index contributed by atoms with van der Waals surface area (Å²) in [5.41, 5.74) is 3.63. The molecule has 0 bridgehead atoms. The molecule has 0 unspecified atom stereocenters. The highest BCUT2D eigenvalue weighted by Crippen LogP contribution is 2.20. The molecule has 2 N–H and O–H groups in total. The van der Waals surface area contributed by atoms with Gasteiger partial charge >= 0.3 is 11.8 Å². The molecular weight excluding hydrogens is 426 g/mol. The van der Waals surface area contributed by atoms with E-state index in [-0.39, 0.29) is 6.04 Å². The quantitative estimate of drug-likeness (QED) is 0.373. The second kappa shape index (κ2) is 11.6. The Labute approximate surface area is 198 Å². The number of hydrogen-bond donors (Lipinski definition) is 2. The van der Waals surface area contributed by atoms with Crippen LogP contribution in [0.15, 0.2) is 97.6 Å². The third kappa shape index (κ3) is 6.38. The third-order valence-corrected chi connectivity index (χ3v) is 5.58. The fourth-order valence-electron chi connectivity index (χ4n) is 3.83. The highest BCUT2D eigenvalue weighted by molar-refractivity contribution is 6.39. The molecule has 1 atom stereocenters. The molecule has 0 spiro atoms. The normalized spacial score (nSPS) is 11.5. The second-order valence-corrected chi connectivity index (χ2v) is 8.02. The lowest BCUT2D eigenvalue weighted by Crippen LogP contribution is -2.38. The number of benzene rings is 3. The van der Waals surface area contributed by atoms with Gasteiger partial charge in [0.1, 0.15) is 12.7 Å². The molecule has 7 heteroatoms. The molecule has 0 saturated heterocycles. The van der Waals surface area contributed by atoms with Crippen LogP contribution in [0, 0.1) is 0 Å². The van der Waals surface area contributed by atoms with E-state index in [1.54, 1.807) is 17.1 Å². The Morgan fingerprint density at radius 2 is 1.56 bits per heavy atom. The van der Waals surface area contributed by atoms with Crippen LogP contribution in [-0.2, 0) is 22.6 Å². The molecule has 0 aliphatic carbocycles. The zero-order chi connectivity index (χ0) is 23.6. The van der Waals surface area contributed by atoms with Crippen LogP contribution in [0.2, 0.25) is 0 Å². The van der Waals surface area contributed by atoms with Crippen molar-refractivity contribution in [2.24, 2.45) is 0 Å². The highest BCUT2D eigenvalue weighted by Gasteiger charge is 2.21. The van der Waals surface area contributed by atoms with E-state index in [4.69, 9.17) is 0 Å². The highest BCUT2D eigenvalue weighted by atomic mass is 16.2. The first kappa shape index (κ1) is 22.9. The summed E-state index contributed by atoms with van der Waals surface area (Å²) < 4.78 is 1.66. The Balaban J connectivity index is 1.40. The van der Waals surface area contributed by atoms with Crippen LogP contribution in [0.5, 0.6) is 0 Å². The molecular formula is C27H27N5O2. The second-order valence-electron chi connectivity index (χ2n) is 8.02. The molecule has 1 aromatic heterocycles. The minimum atomic E-state index is -0.699. The molecule has 0 fully saturated rings. The number of carbonyl (C=O) groups is 2. The average Bonchev–Trinajstić information content (AvgIpc) is 3.39. The lowest BCUT2D eigenvalue weighted by Gasteiger charge is -2.19. The van der Waals surface area contributed by atoms with Gasteiger partial charge in [-0.2, -0.15) is 5.10 Å². The minimum absolute atomic E-state index is 0.256. The van der Waals surface area contributed by atoms with Gasteiger partial charge in [0, 0.05) is 5.69 Å². The van der Waals surface area contributed by atoms with Crippen LogP contribution in [0.25, 0.3) is 0 Å². The van der Waals surface area contributed by atoms with Crippen LogP contribution < -0.4 is 10.6 Å². The number of nitrogens with one attached hydrogen (secondary N) is 2. The van der Waals surface area contributed by atoms with Gasteiger partial charge in [0.25, 0.3) is 0 Å². The molecule has 0 aliphatic heterocycles. The lowest BCUT2D eigenvalue weighted by atomic mass is 9.99. The summed E-state index contributed by atoms with van der Waals surface area (Å²) in [5, 5.41) is 9.78. The molecule has 34 heavy (non-hydrogen) atoms. The zero-order valence-electron chi connectivity index (χ0n) is 18.8. The molecule has 4 rings (SSSR count). The van der Waals surface area contributed by atoms with Crippen molar-refractivity contribution in [1.82, 2.24) is 20.1 Å². The van der Waals surface area contributed by atoms with E-state index in [1.807, 2.05) is 66.7 Å². The van der Waals surface area contributed by atoms with Gasteiger partial charge in [-0.05, 0) is 42.0 Å². The Kier molecular flexibility index (Phi) is 7.79. The summed E-state index contributed by atoms with van der Waals surface area (Å²) in [6, 6.07) is 27.1. The maximum atomic E-state index is 12.8. The minimum Gasteiger partial charge on any atom is -0.341 e. The largest absolute Gasteiger partial charge is 0.341 e. The van der Waals surface area contributed by atoms with E-state index in [0.29, 0.717) is 12.2 Å². The molecule has 1 heterocycles. The standard InChI is InChI=1S/C27H27N5O2/c33-26(27(34)31-25-16-8-7-15-23(25)18-32-20-28-19-29-32)30-24(22-13-5-2-6-14-22)17-9-12-21-10-3-1-4-11-21/h1-8,10-11,13-16,19-20,24H,9,12,17-18H2,(H,30,33)(H,31,34)/t24-/m1/s1. The first-order valence-electron chi connectivity index (χ1n) is 11.3. The Morgan fingerprint density at radius 3 is 2.29 bits per heavy atom. The van der Waals surface area contributed by atoms with E-state index in [9.17, 15) is 9.59 Å². The first-order valence-corrected chi connectivity index (χ1v) is 11.3. The van der Waals surface area contributed by atoms with Gasteiger partial charge in [-0.25, -0.2) is 9.67 Å². The number of amides is 2. The number of nitrogens with zero attached hydrogens (tertiary/aromatic N) is 3. The maximum absolute atomic E-state index is 12.8. The van der Waals surface area contributed by atoms with E-state index in [1.165, 1.54) is 11.9 Å². The summed E-state index contributed by atoms with van der Waals surface area (Å²) in [6.45, 7) is 0.435. The predicted molar refractivity (Wildman–Crippen MR) is 131 cm³/mol. The van der Waals surface area contributed by atoms with E-state index in [0.717, 1.165) is 30.4 Å². The average molecular weight is 454 g/mol. The molecule has 0 aliphatic rings. The van der Waals surface area contributed by atoms with Crippen molar-refractivity contribution < 1.29 is 9.59 Å². The van der Waals surface area contributed by atoms with Gasteiger partial charge in [-0.15, -0.1) is 0 Å². The van der Waals surface area contributed by atoms with Crippen molar-refractivity contribution in [2.45, 2.75) is 31.8 Å². The predicted octanol–water partition coefficient (Wildman–Crippen LogP) is 4.15. The van der Waals surface area contributed by atoms with Crippen LogP contribution in [0.3, 0.4) is 0 Å². The topological polar surface area (TPSA) is 88.9 Å². The van der Waals surface area contributed by atoms with Crippen LogP contribution in [0.1, 0.15) is 35.6 Å². The molecule has 0 radical (unpaired) electrons. The van der Waals surface area contributed by atoms with E-state index >= 15 is 0 Å². The van der Waals surface area contributed by atoms with Crippen molar-refractivity contribution in [3.05, 3.63) is 114 Å². The van der Waals surface area contributed by atoms with Gasteiger partial charge in [-0.3, -0.25) is 9.59 Å². The van der Waals surface area contributed by atoms with Crippen molar-refractivity contribution in [3.8, 4) is 0 Å². The van der Waals surface area contributed by atoms with Gasteiger partial charge in [-0.1, -0.05) is 78.9 Å². The monoisotopic (exact) mass is 453 g/mol. The molecule has 172 valence electrons. The van der Waals surface area contributed by atoms with Crippen LogP contribution in [-0.4, -0.2) is 26.6 Å². The van der Waals surface area contributed by atoms with E-state index in [2.05, 4.69) is 32.8 Å². The van der Waals surface area contributed by atoms with Crippen molar-refractivity contribution in [2.75, 3.05) is 5.32 Å². The first-order chi connectivity index (χ1) is 16.7. The summed E-state index contributed by atoms with van der Waals surface area (Å²) in [6.07, 6.45) is 5.57. The summed E-state index contributed by atoms with van der Waals surface area (Å²) in [7, 11) is 0. The van der Waals surface area contributed by atoms with Gasteiger partial charge in [0.2, 0.25) is 0 Å². The number of carbonyl (C=O) groups excluding carboxylic acids is 2. The third-order valence-electron chi connectivity index (χ3n) is 5.58. The number of para-hydroxylation sites is 1. The molecule has 0 saturated carbocycles. The summed E-state index contributed by atoms with van der Waals surface area (Å²) >= 11 is 0. The van der Waals surface area contributed by atoms with Gasteiger partial charge in [0.15, 0.2) is 0 Å². The molecule has 7 nitrogen and oxygen atoms in total. The molecule has 3 aromatic carbocycles. The Morgan fingerprint density at radius 1 is 0.853 bits per heavy atom. The smallest absolute Gasteiger partial charge is 0.313 e. The van der Waals surface area contributed by atoms with Crippen molar-refractivity contribution >= 4 is 17.5 Å². The van der Waals surface area contributed by atoms with Gasteiger partial charge < -0.3 is 10.6 Å². The SMILES string of the molecule is O=C(Nc1ccccc1Cn1cncn1)C(=O)N[C@H](CCCc1ccccc1)c1ccccc1. The fourth-order valence-corrected chi connectivity index (χ4v) is 3.83. The number of aromatic nitrogens is 3. The fraction of sp³-hybridized carbons (Fsp3) is 0.185. The molecule has 2 amide bonds. The van der Waals surface area contributed by atoms with Crippen LogP contribution >= 0.6 is 0 Å². The van der Waals surface area contributed by atoms with Gasteiger partial charge in [0.05, 0.1) is 12.6 Å². The number of rotatable bonds is 9. The Hall–Kier alpha value is -4.26. The molecule has 4 aromatic rings. The Bertz CT molecular complexity index is 1190. The van der Waals surface area contributed by atoms with Crippen molar-refractivity contribution in [1.29, 1.82) is 0 Å². The maximum Gasteiger partial charge on any atom is 0.313 e.